The van der Waals surface area contributed by atoms with E-state index in [-0.39, 0.29) is 12.1 Å². The maximum Gasteiger partial charge on any atom is 0.319 e. The van der Waals surface area contributed by atoms with E-state index in [1.165, 1.54) is 0 Å². The van der Waals surface area contributed by atoms with Crippen molar-refractivity contribution in [1.82, 2.24) is 5.32 Å². The predicted octanol–water partition coefficient (Wildman–Crippen LogP) is 5.31. The average molecular weight is 392 g/mol. The maximum absolute atomic E-state index is 12.7. The van der Waals surface area contributed by atoms with Crippen LogP contribution in [0.25, 0.3) is 10.8 Å². The van der Waals surface area contributed by atoms with Gasteiger partial charge in [0.15, 0.2) is 0 Å². The van der Waals surface area contributed by atoms with Gasteiger partial charge in [-0.2, -0.15) is 0 Å². The lowest BCUT2D eigenvalue weighted by molar-refractivity contribution is 0.248. The van der Waals surface area contributed by atoms with Gasteiger partial charge >= 0.3 is 6.03 Å². The van der Waals surface area contributed by atoms with Crippen molar-refractivity contribution in [2.24, 2.45) is 0 Å². The molecule has 0 spiro atoms. The molecular formula is C24H28N2O3. The topological polar surface area (TPSA) is 59.6 Å². The zero-order chi connectivity index (χ0) is 20.8. The van der Waals surface area contributed by atoms with Crippen molar-refractivity contribution < 1.29 is 14.3 Å². The SMILES string of the molecule is CC[C@H](Cc1cc(OC)c(C)cc1OC)NC(=O)Nc1cccc2ccccc12. The third-order valence-corrected chi connectivity index (χ3v) is 5.13. The summed E-state index contributed by atoms with van der Waals surface area (Å²) in [6.07, 6.45) is 1.45. The molecule has 0 saturated heterocycles. The lowest BCUT2D eigenvalue weighted by Gasteiger charge is -2.20. The van der Waals surface area contributed by atoms with E-state index in [2.05, 4.69) is 17.6 Å². The summed E-state index contributed by atoms with van der Waals surface area (Å²) in [5.74, 6) is 1.62. The summed E-state index contributed by atoms with van der Waals surface area (Å²) in [6, 6.07) is 17.6. The van der Waals surface area contributed by atoms with Gasteiger partial charge in [0, 0.05) is 11.4 Å². The second-order valence-corrected chi connectivity index (χ2v) is 7.07. The lowest BCUT2D eigenvalue weighted by Crippen LogP contribution is -2.39. The number of amides is 2. The van der Waals surface area contributed by atoms with Gasteiger partial charge in [-0.15, -0.1) is 0 Å². The molecule has 3 aromatic carbocycles. The second-order valence-electron chi connectivity index (χ2n) is 7.07. The minimum Gasteiger partial charge on any atom is -0.496 e. The Morgan fingerprint density at radius 3 is 2.45 bits per heavy atom. The van der Waals surface area contributed by atoms with Crippen molar-refractivity contribution >= 4 is 22.5 Å². The van der Waals surface area contributed by atoms with E-state index in [1.54, 1.807) is 14.2 Å². The van der Waals surface area contributed by atoms with Crippen LogP contribution in [0.15, 0.2) is 54.6 Å². The summed E-state index contributed by atoms with van der Waals surface area (Å²) < 4.78 is 11.0. The van der Waals surface area contributed by atoms with Gasteiger partial charge in [-0.05, 0) is 54.5 Å². The molecule has 0 aliphatic rings. The number of methoxy groups -OCH3 is 2. The molecule has 2 amide bonds. The van der Waals surface area contributed by atoms with Crippen LogP contribution in [0.5, 0.6) is 11.5 Å². The Hall–Kier alpha value is -3.21. The Morgan fingerprint density at radius 1 is 1.00 bits per heavy atom. The van der Waals surface area contributed by atoms with E-state index in [0.29, 0.717) is 6.42 Å². The molecule has 1 atom stereocenters. The third-order valence-electron chi connectivity index (χ3n) is 5.13. The molecule has 2 N–H and O–H groups in total. The number of ether oxygens (including phenoxy) is 2. The standard InChI is InChI=1S/C24H28N2O3/c1-5-19(14-18-15-22(28-3)16(2)13-23(18)29-4)25-24(27)26-21-12-8-10-17-9-6-7-11-20(17)21/h6-13,15,19H,5,14H2,1-4H3,(H2,25,26,27)/t19-/m1/s1. The molecule has 152 valence electrons. The van der Waals surface area contributed by atoms with Gasteiger partial charge in [-0.25, -0.2) is 4.79 Å². The molecule has 3 rings (SSSR count). The Bertz CT molecular complexity index is 995. The molecule has 3 aromatic rings. The predicted molar refractivity (Wildman–Crippen MR) is 118 cm³/mol. The summed E-state index contributed by atoms with van der Waals surface area (Å²) >= 11 is 0. The zero-order valence-electron chi connectivity index (χ0n) is 17.4. The Kier molecular flexibility index (Phi) is 6.60. The molecule has 0 bridgehead atoms. The first kappa shape index (κ1) is 20.5. The number of carbonyl (C=O) groups excluding carboxylic acids is 1. The van der Waals surface area contributed by atoms with E-state index < -0.39 is 0 Å². The number of fused-ring (bicyclic) bond motifs is 1. The van der Waals surface area contributed by atoms with Crippen molar-refractivity contribution in [3.05, 3.63) is 65.7 Å². The Balaban J connectivity index is 1.74. The molecule has 0 aromatic heterocycles. The van der Waals surface area contributed by atoms with Crippen LogP contribution in [0.2, 0.25) is 0 Å². The van der Waals surface area contributed by atoms with Crippen molar-refractivity contribution in [1.29, 1.82) is 0 Å². The fraction of sp³-hybridized carbons (Fsp3) is 0.292. The van der Waals surface area contributed by atoms with Crippen molar-refractivity contribution in [3.63, 3.8) is 0 Å². The van der Waals surface area contributed by atoms with E-state index >= 15 is 0 Å². The normalized spacial score (nSPS) is 11.7. The molecule has 0 radical (unpaired) electrons. The first-order chi connectivity index (χ1) is 14.0. The number of nitrogens with one attached hydrogen (secondary N) is 2. The number of carbonyl (C=O) groups is 1. The molecule has 0 fully saturated rings. The van der Waals surface area contributed by atoms with Crippen LogP contribution in [-0.2, 0) is 6.42 Å². The molecule has 5 nitrogen and oxygen atoms in total. The number of anilines is 1. The van der Waals surface area contributed by atoms with E-state index in [0.717, 1.165) is 45.5 Å². The van der Waals surface area contributed by atoms with E-state index in [1.807, 2.05) is 61.5 Å². The highest BCUT2D eigenvalue weighted by molar-refractivity contribution is 6.01. The van der Waals surface area contributed by atoms with Crippen LogP contribution in [-0.4, -0.2) is 26.3 Å². The fourth-order valence-electron chi connectivity index (χ4n) is 3.51. The van der Waals surface area contributed by atoms with Gasteiger partial charge in [-0.1, -0.05) is 43.3 Å². The Morgan fingerprint density at radius 2 is 1.72 bits per heavy atom. The van der Waals surface area contributed by atoms with Crippen LogP contribution in [0, 0.1) is 6.92 Å². The summed E-state index contributed by atoms with van der Waals surface area (Å²) in [4.78, 5) is 12.7. The number of rotatable bonds is 7. The van der Waals surface area contributed by atoms with Crippen molar-refractivity contribution in [2.45, 2.75) is 32.7 Å². The maximum atomic E-state index is 12.7. The highest BCUT2D eigenvalue weighted by Crippen LogP contribution is 2.29. The minimum atomic E-state index is -0.216. The molecule has 29 heavy (non-hydrogen) atoms. The molecule has 0 aliphatic carbocycles. The summed E-state index contributed by atoms with van der Waals surface area (Å²) in [5.41, 5.74) is 2.82. The molecular weight excluding hydrogens is 364 g/mol. The zero-order valence-corrected chi connectivity index (χ0v) is 17.4. The average Bonchev–Trinajstić information content (AvgIpc) is 2.74. The first-order valence-corrected chi connectivity index (χ1v) is 9.82. The summed E-state index contributed by atoms with van der Waals surface area (Å²) in [5, 5.41) is 8.18. The molecule has 0 heterocycles. The largest absolute Gasteiger partial charge is 0.496 e. The van der Waals surface area contributed by atoms with Crippen molar-refractivity contribution in [3.8, 4) is 11.5 Å². The number of benzene rings is 3. The third kappa shape index (κ3) is 4.80. The number of urea groups is 1. The molecule has 0 unspecified atom stereocenters. The minimum absolute atomic E-state index is 0.0358. The van der Waals surface area contributed by atoms with Crippen LogP contribution < -0.4 is 20.1 Å². The Labute approximate surface area is 172 Å². The van der Waals surface area contributed by atoms with Gasteiger partial charge in [0.1, 0.15) is 11.5 Å². The van der Waals surface area contributed by atoms with Gasteiger partial charge in [0.05, 0.1) is 19.9 Å². The number of hydrogen-bond donors (Lipinski definition) is 2. The first-order valence-electron chi connectivity index (χ1n) is 9.82. The van der Waals surface area contributed by atoms with E-state index in [9.17, 15) is 4.79 Å². The van der Waals surface area contributed by atoms with Crippen LogP contribution in [0.4, 0.5) is 10.5 Å². The monoisotopic (exact) mass is 392 g/mol. The second kappa shape index (κ2) is 9.32. The summed E-state index contributed by atoms with van der Waals surface area (Å²) in [7, 11) is 3.32. The van der Waals surface area contributed by atoms with Crippen LogP contribution in [0.1, 0.15) is 24.5 Å². The number of hydrogen-bond acceptors (Lipinski definition) is 3. The molecule has 5 heteroatoms. The highest BCUT2D eigenvalue weighted by atomic mass is 16.5. The highest BCUT2D eigenvalue weighted by Gasteiger charge is 2.16. The van der Waals surface area contributed by atoms with Gasteiger partial charge in [0.2, 0.25) is 0 Å². The van der Waals surface area contributed by atoms with Gasteiger partial charge in [0.25, 0.3) is 0 Å². The van der Waals surface area contributed by atoms with E-state index in [4.69, 9.17) is 9.47 Å². The molecule has 0 aliphatic heterocycles. The smallest absolute Gasteiger partial charge is 0.319 e. The van der Waals surface area contributed by atoms with Crippen molar-refractivity contribution in [2.75, 3.05) is 19.5 Å². The lowest BCUT2D eigenvalue weighted by atomic mass is 10.0. The van der Waals surface area contributed by atoms with Crippen LogP contribution in [0.3, 0.4) is 0 Å². The quantitative estimate of drug-likeness (QED) is 0.573. The fourth-order valence-corrected chi connectivity index (χ4v) is 3.51. The van der Waals surface area contributed by atoms with Crippen LogP contribution >= 0.6 is 0 Å². The molecule has 0 saturated carbocycles. The summed E-state index contributed by atoms with van der Waals surface area (Å²) in [6.45, 7) is 4.04. The van der Waals surface area contributed by atoms with Gasteiger partial charge in [-0.3, -0.25) is 0 Å². The number of aryl methyl sites for hydroxylation is 1. The van der Waals surface area contributed by atoms with Gasteiger partial charge < -0.3 is 20.1 Å².